The van der Waals surface area contributed by atoms with Crippen molar-refractivity contribution in [1.29, 1.82) is 0 Å². The van der Waals surface area contributed by atoms with Gasteiger partial charge >= 0.3 is 0 Å². The molecule has 1 N–H and O–H groups in total. The fourth-order valence-corrected chi connectivity index (χ4v) is 3.53. The van der Waals surface area contributed by atoms with E-state index in [4.69, 9.17) is 11.6 Å². The highest BCUT2D eigenvalue weighted by Crippen LogP contribution is 2.40. The summed E-state index contributed by atoms with van der Waals surface area (Å²) < 4.78 is 0.864. The summed E-state index contributed by atoms with van der Waals surface area (Å²) in [5.41, 5.74) is 0.867. The third-order valence-electron chi connectivity index (χ3n) is 4.22. The first-order chi connectivity index (χ1) is 8.63. The van der Waals surface area contributed by atoms with Crippen LogP contribution >= 0.6 is 27.5 Å². The molecule has 3 heteroatoms. The quantitative estimate of drug-likeness (QED) is 0.791. The predicted octanol–water partition coefficient (Wildman–Crippen LogP) is 5.35. The van der Waals surface area contributed by atoms with Crippen molar-refractivity contribution in [3.63, 3.8) is 0 Å². The molecule has 1 atom stereocenters. The first-order valence-corrected chi connectivity index (χ1v) is 7.92. The predicted molar refractivity (Wildman–Crippen MR) is 79.9 cm³/mol. The fraction of sp³-hybridized carbons (Fsp3) is 0.600. The lowest BCUT2D eigenvalue weighted by molar-refractivity contribution is 0.0730. The number of hydrogen-bond acceptors (Lipinski definition) is 1. The summed E-state index contributed by atoms with van der Waals surface area (Å²) in [7, 11) is 0. The van der Waals surface area contributed by atoms with E-state index in [-0.39, 0.29) is 0 Å². The van der Waals surface area contributed by atoms with Crippen molar-refractivity contribution in [2.45, 2.75) is 45.1 Å². The van der Waals surface area contributed by atoms with Crippen molar-refractivity contribution in [2.24, 2.45) is 11.8 Å². The van der Waals surface area contributed by atoms with E-state index in [0.29, 0.717) is 10.9 Å². The van der Waals surface area contributed by atoms with Crippen LogP contribution in [0.25, 0.3) is 0 Å². The third kappa shape index (κ3) is 3.09. The highest BCUT2D eigenvalue weighted by molar-refractivity contribution is 9.10. The summed E-state index contributed by atoms with van der Waals surface area (Å²) in [6.07, 6.45) is 5.55. The van der Waals surface area contributed by atoms with Crippen LogP contribution < -0.4 is 0 Å². The van der Waals surface area contributed by atoms with Gasteiger partial charge < -0.3 is 5.11 Å². The first-order valence-electron chi connectivity index (χ1n) is 6.75. The molecular formula is C15H20BrClO. The van der Waals surface area contributed by atoms with Gasteiger partial charge in [-0.25, -0.2) is 0 Å². The van der Waals surface area contributed by atoms with Crippen molar-refractivity contribution in [3.05, 3.63) is 33.3 Å². The van der Waals surface area contributed by atoms with Gasteiger partial charge in [-0.1, -0.05) is 49.9 Å². The van der Waals surface area contributed by atoms with Crippen LogP contribution in [0.2, 0.25) is 5.02 Å². The lowest BCUT2D eigenvalue weighted by Gasteiger charge is -2.31. The van der Waals surface area contributed by atoms with Crippen molar-refractivity contribution in [2.75, 3.05) is 0 Å². The Kier molecular flexibility index (Phi) is 5.11. The molecule has 1 saturated carbocycles. The van der Waals surface area contributed by atoms with Gasteiger partial charge in [0, 0.05) is 10.0 Å². The Bertz CT molecular complexity index is 399. The van der Waals surface area contributed by atoms with E-state index in [1.807, 2.05) is 18.2 Å². The molecule has 1 aliphatic carbocycles. The summed E-state index contributed by atoms with van der Waals surface area (Å²) in [4.78, 5) is 0. The average molecular weight is 332 g/mol. The molecule has 0 aromatic heterocycles. The van der Waals surface area contributed by atoms with Crippen molar-refractivity contribution >= 4 is 27.5 Å². The summed E-state index contributed by atoms with van der Waals surface area (Å²) in [6.45, 7) is 2.26. The Labute approximate surface area is 123 Å². The van der Waals surface area contributed by atoms with Gasteiger partial charge in [-0.2, -0.15) is 0 Å². The van der Waals surface area contributed by atoms with Crippen LogP contribution in [-0.4, -0.2) is 5.11 Å². The van der Waals surface area contributed by atoms with Crippen molar-refractivity contribution in [1.82, 2.24) is 0 Å². The molecule has 0 heterocycles. The largest absolute Gasteiger partial charge is 0.388 e. The molecule has 100 valence electrons. The van der Waals surface area contributed by atoms with Crippen molar-refractivity contribution in [3.8, 4) is 0 Å². The van der Waals surface area contributed by atoms with Crippen LogP contribution in [0.4, 0.5) is 0 Å². The Hall–Kier alpha value is -0.0500. The van der Waals surface area contributed by atoms with Gasteiger partial charge in [0.25, 0.3) is 0 Å². The molecule has 0 radical (unpaired) electrons. The second-order valence-electron chi connectivity index (χ2n) is 5.28. The fourth-order valence-electron chi connectivity index (χ4n) is 2.92. The maximum absolute atomic E-state index is 10.5. The first kappa shape index (κ1) is 14.4. The minimum atomic E-state index is -0.423. The number of rotatable bonds is 3. The minimum absolute atomic E-state index is 0.361. The van der Waals surface area contributed by atoms with Crippen LogP contribution in [0.3, 0.4) is 0 Å². The zero-order valence-electron chi connectivity index (χ0n) is 10.7. The van der Waals surface area contributed by atoms with Gasteiger partial charge in [-0.15, -0.1) is 0 Å². The Morgan fingerprint density at radius 2 is 2.00 bits per heavy atom. The van der Waals surface area contributed by atoms with Crippen LogP contribution in [-0.2, 0) is 0 Å². The summed E-state index contributed by atoms with van der Waals surface area (Å²) in [5.74, 6) is 1.21. The van der Waals surface area contributed by atoms with E-state index in [2.05, 4.69) is 22.9 Å². The minimum Gasteiger partial charge on any atom is -0.388 e. The van der Waals surface area contributed by atoms with Gasteiger partial charge in [0.1, 0.15) is 0 Å². The molecule has 0 amide bonds. The molecule has 1 nitrogen and oxygen atoms in total. The van der Waals surface area contributed by atoms with E-state index in [1.54, 1.807) is 0 Å². The Balaban J connectivity index is 2.08. The monoisotopic (exact) mass is 330 g/mol. The smallest absolute Gasteiger partial charge is 0.0832 e. The number of benzene rings is 1. The SMILES string of the molecule is CCC1CCC(C(O)c2cccc(Br)c2Cl)CC1. The van der Waals surface area contributed by atoms with Crippen LogP contribution in [0.5, 0.6) is 0 Å². The molecule has 1 unspecified atom stereocenters. The van der Waals surface area contributed by atoms with E-state index < -0.39 is 6.10 Å². The molecule has 2 rings (SSSR count). The molecule has 0 saturated heterocycles. The van der Waals surface area contributed by atoms with E-state index in [1.165, 1.54) is 19.3 Å². The van der Waals surface area contributed by atoms with E-state index in [9.17, 15) is 5.11 Å². The number of aliphatic hydroxyl groups excluding tert-OH is 1. The van der Waals surface area contributed by atoms with Crippen molar-refractivity contribution < 1.29 is 5.11 Å². The van der Waals surface area contributed by atoms with E-state index >= 15 is 0 Å². The molecule has 1 aliphatic rings. The second kappa shape index (κ2) is 6.40. The Morgan fingerprint density at radius 1 is 1.33 bits per heavy atom. The molecule has 18 heavy (non-hydrogen) atoms. The topological polar surface area (TPSA) is 20.2 Å². The lowest BCUT2D eigenvalue weighted by Crippen LogP contribution is -2.20. The van der Waals surface area contributed by atoms with Gasteiger partial charge in [-0.3, -0.25) is 0 Å². The Morgan fingerprint density at radius 3 is 2.61 bits per heavy atom. The molecule has 1 fully saturated rings. The molecule has 1 aromatic rings. The van der Waals surface area contributed by atoms with Gasteiger partial charge in [0.05, 0.1) is 11.1 Å². The van der Waals surface area contributed by atoms with Gasteiger partial charge in [-0.05, 0) is 46.7 Å². The zero-order chi connectivity index (χ0) is 13.1. The summed E-state index contributed by atoms with van der Waals surface area (Å²) in [6, 6.07) is 5.78. The molecule has 0 spiro atoms. The highest BCUT2D eigenvalue weighted by atomic mass is 79.9. The van der Waals surface area contributed by atoms with Gasteiger partial charge in [0.15, 0.2) is 0 Å². The third-order valence-corrected chi connectivity index (χ3v) is 5.53. The standard InChI is InChI=1S/C15H20BrClO/c1-2-10-6-8-11(9-7-10)15(18)12-4-3-5-13(16)14(12)17/h3-5,10-11,15,18H,2,6-9H2,1H3. The van der Waals surface area contributed by atoms with Crippen LogP contribution in [0, 0.1) is 11.8 Å². The average Bonchev–Trinajstić information content (AvgIpc) is 2.41. The van der Waals surface area contributed by atoms with E-state index in [0.717, 1.165) is 28.8 Å². The maximum atomic E-state index is 10.5. The lowest BCUT2D eigenvalue weighted by atomic mass is 9.77. The molecular weight excluding hydrogens is 312 g/mol. The molecule has 0 aliphatic heterocycles. The normalized spacial score (nSPS) is 26.0. The zero-order valence-corrected chi connectivity index (χ0v) is 13.0. The number of halogens is 2. The summed E-state index contributed by atoms with van der Waals surface area (Å²) >= 11 is 9.67. The second-order valence-corrected chi connectivity index (χ2v) is 6.51. The highest BCUT2D eigenvalue weighted by Gasteiger charge is 2.28. The van der Waals surface area contributed by atoms with Crippen LogP contribution in [0.1, 0.15) is 50.7 Å². The number of aliphatic hydroxyl groups is 1. The van der Waals surface area contributed by atoms with Crippen LogP contribution in [0.15, 0.2) is 22.7 Å². The molecule has 0 bridgehead atoms. The molecule has 1 aromatic carbocycles. The number of hydrogen-bond donors (Lipinski definition) is 1. The maximum Gasteiger partial charge on any atom is 0.0832 e. The van der Waals surface area contributed by atoms with Gasteiger partial charge in [0.2, 0.25) is 0 Å². The summed E-state index contributed by atoms with van der Waals surface area (Å²) in [5, 5.41) is 11.2.